The van der Waals surface area contributed by atoms with E-state index in [1.165, 1.54) is 11.3 Å². The maximum atomic E-state index is 12.2. The van der Waals surface area contributed by atoms with Crippen LogP contribution < -0.4 is 15.4 Å². The molecule has 0 spiro atoms. The zero-order valence-corrected chi connectivity index (χ0v) is 17.7. The molecule has 1 aromatic heterocycles. The molecular weight excluding hydrogens is 374 g/mol. The predicted octanol–water partition coefficient (Wildman–Crippen LogP) is 3.77. The van der Waals surface area contributed by atoms with Gasteiger partial charge in [-0.2, -0.15) is 0 Å². The summed E-state index contributed by atoms with van der Waals surface area (Å²) < 4.78 is 5.79. The van der Waals surface area contributed by atoms with Crippen molar-refractivity contribution < 1.29 is 14.3 Å². The molecule has 2 aromatic rings. The first-order chi connectivity index (χ1) is 13.5. The molecule has 152 valence electrons. The van der Waals surface area contributed by atoms with Gasteiger partial charge in [0.1, 0.15) is 23.1 Å². The molecule has 1 aromatic carbocycles. The smallest absolute Gasteiger partial charge is 0.270 e. The second-order valence-corrected chi connectivity index (χ2v) is 7.74. The number of amides is 2. The Morgan fingerprint density at radius 3 is 2.50 bits per heavy atom. The van der Waals surface area contributed by atoms with E-state index < -0.39 is 0 Å². The van der Waals surface area contributed by atoms with Crippen LogP contribution in [0.1, 0.15) is 59.2 Å². The molecule has 0 fully saturated rings. The normalized spacial score (nSPS) is 10.5. The van der Waals surface area contributed by atoms with Crippen molar-refractivity contribution in [3.05, 3.63) is 45.4 Å². The van der Waals surface area contributed by atoms with Crippen LogP contribution in [0.4, 0.5) is 0 Å². The van der Waals surface area contributed by atoms with Crippen molar-refractivity contribution in [3.8, 4) is 5.75 Å². The van der Waals surface area contributed by atoms with Crippen molar-refractivity contribution in [2.24, 2.45) is 0 Å². The lowest BCUT2D eigenvalue weighted by molar-refractivity contribution is -0.121. The summed E-state index contributed by atoms with van der Waals surface area (Å²) in [7, 11) is 0. The largest absolute Gasteiger partial charge is 0.486 e. The Kier molecular flexibility index (Phi) is 8.94. The number of carbonyl (C=O) groups is 2. The number of nitrogens with one attached hydrogen (secondary N) is 2. The molecule has 0 bridgehead atoms. The monoisotopic (exact) mass is 403 g/mol. The number of aryl methyl sites for hydroxylation is 2. The summed E-state index contributed by atoms with van der Waals surface area (Å²) in [5.41, 5.74) is 2.70. The summed E-state index contributed by atoms with van der Waals surface area (Å²) in [6, 6.07) is 6.06. The number of thiazole rings is 1. The van der Waals surface area contributed by atoms with E-state index in [9.17, 15) is 9.59 Å². The van der Waals surface area contributed by atoms with E-state index in [1.807, 2.05) is 26.0 Å². The van der Waals surface area contributed by atoms with Crippen LogP contribution in [-0.4, -0.2) is 29.9 Å². The molecular formula is C21H29N3O3S. The number of hydrogen-bond acceptors (Lipinski definition) is 5. The Hall–Kier alpha value is -2.41. The molecule has 0 aliphatic rings. The number of aromatic nitrogens is 1. The highest BCUT2D eigenvalue weighted by atomic mass is 32.1. The number of carbonyl (C=O) groups excluding carboxylic acids is 2. The summed E-state index contributed by atoms with van der Waals surface area (Å²) in [6.45, 7) is 7.52. The highest BCUT2D eigenvalue weighted by molar-refractivity contribution is 7.09. The molecule has 0 aliphatic heterocycles. The molecule has 0 saturated carbocycles. The summed E-state index contributed by atoms with van der Waals surface area (Å²) in [5.74, 6) is 0.673. The Labute approximate surface area is 170 Å². The molecule has 0 aliphatic carbocycles. The zero-order valence-electron chi connectivity index (χ0n) is 16.8. The summed E-state index contributed by atoms with van der Waals surface area (Å²) in [6.07, 6.45) is 3.17. The van der Waals surface area contributed by atoms with E-state index in [0.717, 1.165) is 34.7 Å². The van der Waals surface area contributed by atoms with E-state index in [1.54, 1.807) is 5.38 Å². The van der Waals surface area contributed by atoms with Gasteiger partial charge in [-0.3, -0.25) is 9.59 Å². The maximum Gasteiger partial charge on any atom is 0.270 e. The van der Waals surface area contributed by atoms with Crippen LogP contribution in [0.15, 0.2) is 23.6 Å². The minimum absolute atomic E-state index is 0.0705. The average molecular weight is 404 g/mol. The second-order valence-electron chi connectivity index (χ2n) is 6.80. The number of nitrogens with zero attached hydrogens (tertiary/aromatic N) is 1. The van der Waals surface area contributed by atoms with Crippen LogP contribution in [0, 0.1) is 13.8 Å². The van der Waals surface area contributed by atoms with E-state index >= 15 is 0 Å². The second kappa shape index (κ2) is 11.4. The van der Waals surface area contributed by atoms with Gasteiger partial charge in [-0.05, 0) is 49.9 Å². The first-order valence-corrected chi connectivity index (χ1v) is 10.6. The number of hydrogen-bond donors (Lipinski definition) is 2. The molecule has 28 heavy (non-hydrogen) atoms. The van der Waals surface area contributed by atoms with Gasteiger partial charge in [0.05, 0.1) is 0 Å². The number of unbranched alkanes of at least 4 members (excludes halogenated alkanes) is 1. The van der Waals surface area contributed by atoms with Crippen LogP contribution in [0.2, 0.25) is 0 Å². The quantitative estimate of drug-likeness (QED) is 0.560. The molecule has 1 heterocycles. The van der Waals surface area contributed by atoms with Crippen molar-refractivity contribution in [2.75, 3.05) is 13.1 Å². The fourth-order valence-electron chi connectivity index (χ4n) is 2.68. The standard InChI is InChI=1S/C21H29N3O3S/c1-4-5-7-19(25)22-8-6-9-23-21(26)18-14-28-20(24-18)13-27-17-11-15(2)10-16(3)12-17/h10-12,14H,4-9,13H2,1-3H3,(H,22,25)(H,23,26). The van der Waals surface area contributed by atoms with E-state index in [2.05, 4.69) is 28.6 Å². The Bertz CT molecular complexity index is 769. The lowest BCUT2D eigenvalue weighted by Crippen LogP contribution is -2.29. The summed E-state index contributed by atoms with van der Waals surface area (Å²) in [4.78, 5) is 28.0. The maximum absolute atomic E-state index is 12.2. The highest BCUT2D eigenvalue weighted by Crippen LogP contribution is 2.19. The molecule has 7 heteroatoms. The third kappa shape index (κ3) is 7.68. The van der Waals surface area contributed by atoms with Crippen LogP contribution in [-0.2, 0) is 11.4 Å². The van der Waals surface area contributed by atoms with Gasteiger partial charge in [0.2, 0.25) is 5.91 Å². The minimum atomic E-state index is -0.203. The Balaban J connectivity index is 1.69. The van der Waals surface area contributed by atoms with Crippen molar-refractivity contribution in [2.45, 2.75) is 53.1 Å². The number of rotatable bonds is 11. The SMILES string of the molecule is CCCCC(=O)NCCCNC(=O)c1csc(COc2cc(C)cc(C)c2)n1. The van der Waals surface area contributed by atoms with Gasteiger partial charge >= 0.3 is 0 Å². The Morgan fingerprint density at radius 1 is 1.07 bits per heavy atom. The summed E-state index contributed by atoms with van der Waals surface area (Å²) in [5, 5.41) is 8.18. The van der Waals surface area contributed by atoms with Gasteiger partial charge in [0.25, 0.3) is 5.91 Å². The minimum Gasteiger partial charge on any atom is -0.486 e. The van der Waals surface area contributed by atoms with Crippen LogP contribution in [0.5, 0.6) is 5.75 Å². The lowest BCUT2D eigenvalue weighted by atomic mass is 10.1. The van der Waals surface area contributed by atoms with Crippen molar-refractivity contribution in [1.82, 2.24) is 15.6 Å². The molecule has 6 nitrogen and oxygen atoms in total. The van der Waals surface area contributed by atoms with E-state index in [4.69, 9.17) is 4.74 Å². The molecule has 0 radical (unpaired) electrons. The van der Waals surface area contributed by atoms with Crippen LogP contribution in [0.25, 0.3) is 0 Å². The first kappa shape index (κ1) is 21.9. The van der Waals surface area contributed by atoms with Gasteiger partial charge in [0, 0.05) is 24.9 Å². The van der Waals surface area contributed by atoms with Gasteiger partial charge in [-0.1, -0.05) is 19.4 Å². The molecule has 0 saturated heterocycles. The molecule has 2 rings (SSSR count). The summed E-state index contributed by atoms with van der Waals surface area (Å²) >= 11 is 1.41. The number of ether oxygens (including phenoxy) is 1. The van der Waals surface area contributed by atoms with Gasteiger partial charge in [-0.15, -0.1) is 11.3 Å². The first-order valence-electron chi connectivity index (χ1n) is 9.68. The lowest BCUT2D eigenvalue weighted by Gasteiger charge is -2.06. The van der Waals surface area contributed by atoms with Crippen LogP contribution in [0.3, 0.4) is 0 Å². The van der Waals surface area contributed by atoms with E-state index in [0.29, 0.717) is 38.2 Å². The topological polar surface area (TPSA) is 80.3 Å². The predicted molar refractivity (Wildman–Crippen MR) is 112 cm³/mol. The van der Waals surface area contributed by atoms with Crippen molar-refractivity contribution in [3.63, 3.8) is 0 Å². The third-order valence-electron chi connectivity index (χ3n) is 4.06. The molecule has 2 amide bonds. The van der Waals surface area contributed by atoms with E-state index in [-0.39, 0.29) is 11.8 Å². The highest BCUT2D eigenvalue weighted by Gasteiger charge is 2.11. The zero-order chi connectivity index (χ0) is 20.4. The van der Waals surface area contributed by atoms with Gasteiger partial charge in [-0.25, -0.2) is 4.98 Å². The molecule has 2 N–H and O–H groups in total. The Morgan fingerprint density at radius 2 is 1.79 bits per heavy atom. The van der Waals surface area contributed by atoms with Crippen molar-refractivity contribution in [1.29, 1.82) is 0 Å². The van der Waals surface area contributed by atoms with Crippen molar-refractivity contribution >= 4 is 23.2 Å². The van der Waals surface area contributed by atoms with Gasteiger partial charge in [0.15, 0.2) is 0 Å². The average Bonchev–Trinajstić information content (AvgIpc) is 3.12. The fourth-order valence-corrected chi connectivity index (χ4v) is 3.36. The van der Waals surface area contributed by atoms with Gasteiger partial charge < -0.3 is 15.4 Å². The van der Waals surface area contributed by atoms with Crippen LogP contribution >= 0.6 is 11.3 Å². The fraction of sp³-hybridized carbons (Fsp3) is 0.476. The number of benzene rings is 1. The molecule has 0 unspecified atom stereocenters. The third-order valence-corrected chi connectivity index (χ3v) is 4.88. The molecule has 0 atom stereocenters.